The van der Waals surface area contributed by atoms with Crippen molar-refractivity contribution < 1.29 is 13.2 Å². The zero-order valence-corrected chi connectivity index (χ0v) is 13.7. The first-order chi connectivity index (χ1) is 9.85. The minimum atomic E-state index is -3.28. The summed E-state index contributed by atoms with van der Waals surface area (Å²) in [5, 5.41) is 2.66. The standard InChI is InChI=1S/C15H24N2O3S/c1-4-17-21(19,20)10-9-16-15(18)11-13(3)14-8-6-5-7-12(14)2/h5-8,13,17H,4,9-11H2,1-3H3,(H,16,18)/t13-/m1/s1. The molecule has 0 aliphatic carbocycles. The second kappa shape index (κ2) is 8.14. The molecule has 0 spiro atoms. The maximum atomic E-state index is 11.9. The molecule has 0 aliphatic rings. The first-order valence-electron chi connectivity index (χ1n) is 7.15. The predicted octanol–water partition coefficient (Wildman–Crippen LogP) is 1.54. The number of hydrogen-bond acceptors (Lipinski definition) is 3. The number of hydrogen-bond donors (Lipinski definition) is 2. The van der Waals surface area contributed by atoms with Crippen molar-refractivity contribution >= 4 is 15.9 Å². The average molecular weight is 312 g/mol. The summed E-state index contributed by atoms with van der Waals surface area (Å²) in [5.74, 6) is -0.111. The van der Waals surface area contributed by atoms with Gasteiger partial charge in [-0.3, -0.25) is 4.79 Å². The summed E-state index contributed by atoms with van der Waals surface area (Å²) in [7, 11) is -3.28. The summed E-state index contributed by atoms with van der Waals surface area (Å²) in [6, 6.07) is 7.96. The van der Waals surface area contributed by atoms with E-state index in [2.05, 4.69) is 10.0 Å². The third-order valence-corrected chi connectivity index (χ3v) is 4.74. The van der Waals surface area contributed by atoms with E-state index in [0.717, 1.165) is 11.1 Å². The normalized spacial score (nSPS) is 12.9. The minimum Gasteiger partial charge on any atom is -0.355 e. The molecule has 21 heavy (non-hydrogen) atoms. The summed E-state index contributed by atoms with van der Waals surface area (Å²) < 4.78 is 25.3. The van der Waals surface area contributed by atoms with E-state index < -0.39 is 10.0 Å². The van der Waals surface area contributed by atoms with Crippen molar-refractivity contribution in [3.63, 3.8) is 0 Å². The minimum absolute atomic E-state index is 0.0919. The van der Waals surface area contributed by atoms with Gasteiger partial charge in [0.1, 0.15) is 0 Å². The molecule has 0 unspecified atom stereocenters. The van der Waals surface area contributed by atoms with E-state index in [1.54, 1.807) is 6.92 Å². The monoisotopic (exact) mass is 312 g/mol. The van der Waals surface area contributed by atoms with Crippen LogP contribution in [0.4, 0.5) is 0 Å². The van der Waals surface area contributed by atoms with Crippen LogP contribution in [0.15, 0.2) is 24.3 Å². The van der Waals surface area contributed by atoms with Crippen LogP contribution in [0.2, 0.25) is 0 Å². The Morgan fingerprint density at radius 2 is 1.95 bits per heavy atom. The molecule has 0 saturated heterocycles. The van der Waals surface area contributed by atoms with Gasteiger partial charge in [-0.1, -0.05) is 38.1 Å². The fourth-order valence-electron chi connectivity index (χ4n) is 2.22. The van der Waals surface area contributed by atoms with E-state index in [0.29, 0.717) is 13.0 Å². The molecule has 1 aromatic carbocycles. The van der Waals surface area contributed by atoms with E-state index in [1.807, 2.05) is 38.1 Å². The molecule has 118 valence electrons. The molecular formula is C15H24N2O3S. The highest BCUT2D eigenvalue weighted by Gasteiger charge is 2.14. The van der Waals surface area contributed by atoms with Crippen LogP contribution in [0.3, 0.4) is 0 Å². The van der Waals surface area contributed by atoms with Crippen LogP contribution in [0, 0.1) is 6.92 Å². The fourth-order valence-corrected chi connectivity index (χ4v) is 3.17. The topological polar surface area (TPSA) is 75.3 Å². The Bertz CT molecular complexity index is 570. The van der Waals surface area contributed by atoms with Crippen LogP contribution in [-0.2, 0) is 14.8 Å². The number of nitrogens with one attached hydrogen (secondary N) is 2. The zero-order valence-electron chi connectivity index (χ0n) is 12.8. The summed E-state index contributed by atoms with van der Waals surface area (Å²) in [5.41, 5.74) is 2.31. The van der Waals surface area contributed by atoms with E-state index in [4.69, 9.17) is 0 Å². The number of carbonyl (C=O) groups excluding carboxylic acids is 1. The Balaban J connectivity index is 2.42. The molecule has 5 nitrogen and oxygen atoms in total. The number of rotatable bonds is 8. The first kappa shape index (κ1) is 17.7. The van der Waals surface area contributed by atoms with Crippen molar-refractivity contribution in [3.8, 4) is 0 Å². The average Bonchev–Trinajstić information content (AvgIpc) is 2.38. The van der Waals surface area contributed by atoms with Gasteiger partial charge in [0.25, 0.3) is 0 Å². The highest BCUT2D eigenvalue weighted by Crippen LogP contribution is 2.21. The van der Waals surface area contributed by atoms with Gasteiger partial charge in [-0.05, 0) is 24.0 Å². The molecule has 0 heterocycles. The number of benzene rings is 1. The Morgan fingerprint density at radius 1 is 1.29 bits per heavy atom. The first-order valence-corrected chi connectivity index (χ1v) is 8.80. The van der Waals surface area contributed by atoms with Crippen LogP contribution in [-0.4, -0.2) is 33.2 Å². The van der Waals surface area contributed by atoms with Gasteiger partial charge in [-0.25, -0.2) is 13.1 Å². The van der Waals surface area contributed by atoms with Gasteiger partial charge in [-0.15, -0.1) is 0 Å². The lowest BCUT2D eigenvalue weighted by atomic mass is 9.93. The molecule has 1 amide bonds. The van der Waals surface area contributed by atoms with Crippen LogP contribution >= 0.6 is 0 Å². The molecule has 2 N–H and O–H groups in total. The van der Waals surface area contributed by atoms with E-state index in [1.165, 1.54) is 0 Å². The van der Waals surface area contributed by atoms with Gasteiger partial charge >= 0.3 is 0 Å². The summed E-state index contributed by atoms with van der Waals surface area (Å²) in [6.45, 7) is 6.24. The molecule has 0 bridgehead atoms. The van der Waals surface area contributed by atoms with Crippen molar-refractivity contribution in [2.45, 2.75) is 33.1 Å². The van der Waals surface area contributed by atoms with Gasteiger partial charge in [0.15, 0.2) is 0 Å². The Hall–Kier alpha value is -1.40. The molecule has 0 saturated carbocycles. The van der Waals surface area contributed by atoms with E-state index >= 15 is 0 Å². The molecule has 6 heteroatoms. The number of amides is 1. The van der Waals surface area contributed by atoms with Gasteiger partial charge in [0.05, 0.1) is 5.75 Å². The third kappa shape index (κ3) is 6.27. The number of aryl methyl sites for hydroxylation is 1. The molecule has 0 radical (unpaired) electrons. The predicted molar refractivity (Wildman–Crippen MR) is 84.7 cm³/mol. The zero-order chi connectivity index (χ0) is 15.9. The van der Waals surface area contributed by atoms with E-state index in [-0.39, 0.29) is 24.1 Å². The van der Waals surface area contributed by atoms with E-state index in [9.17, 15) is 13.2 Å². The quantitative estimate of drug-likeness (QED) is 0.764. The van der Waals surface area contributed by atoms with Gasteiger partial charge in [0, 0.05) is 19.5 Å². The molecule has 0 fully saturated rings. The Kier molecular flexibility index (Phi) is 6.84. The maximum Gasteiger partial charge on any atom is 0.220 e. The second-order valence-corrected chi connectivity index (χ2v) is 7.05. The van der Waals surface area contributed by atoms with Crippen LogP contribution in [0.25, 0.3) is 0 Å². The van der Waals surface area contributed by atoms with Crippen molar-refractivity contribution in [2.75, 3.05) is 18.8 Å². The van der Waals surface area contributed by atoms with Crippen molar-refractivity contribution in [1.82, 2.24) is 10.0 Å². The summed E-state index contributed by atoms with van der Waals surface area (Å²) in [4.78, 5) is 11.9. The maximum absolute atomic E-state index is 11.9. The lowest BCUT2D eigenvalue weighted by Crippen LogP contribution is -2.34. The van der Waals surface area contributed by atoms with Crippen molar-refractivity contribution in [1.29, 1.82) is 0 Å². The highest BCUT2D eigenvalue weighted by atomic mass is 32.2. The SMILES string of the molecule is CCNS(=O)(=O)CCNC(=O)C[C@@H](C)c1ccccc1C. The molecule has 1 atom stereocenters. The summed E-state index contributed by atoms with van der Waals surface area (Å²) in [6.07, 6.45) is 0.353. The number of sulfonamides is 1. The molecule has 1 rings (SSSR count). The van der Waals surface area contributed by atoms with Crippen LogP contribution in [0.5, 0.6) is 0 Å². The lowest BCUT2D eigenvalue weighted by Gasteiger charge is -2.14. The third-order valence-electron chi connectivity index (χ3n) is 3.27. The largest absolute Gasteiger partial charge is 0.355 e. The van der Waals surface area contributed by atoms with Crippen LogP contribution in [0.1, 0.15) is 37.3 Å². The number of carbonyl (C=O) groups is 1. The fraction of sp³-hybridized carbons (Fsp3) is 0.533. The van der Waals surface area contributed by atoms with Crippen LogP contribution < -0.4 is 10.0 Å². The smallest absolute Gasteiger partial charge is 0.220 e. The van der Waals surface area contributed by atoms with Crippen molar-refractivity contribution in [2.24, 2.45) is 0 Å². The molecule has 0 aliphatic heterocycles. The van der Waals surface area contributed by atoms with Crippen molar-refractivity contribution in [3.05, 3.63) is 35.4 Å². The molecule has 0 aromatic heterocycles. The Labute approximate surface area is 127 Å². The molecular weight excluding hydrogens is 288 g/mol. The van der Waals surface area contributed by atoms with Gasteiger partial charge < -0.3 is 5.32 Å². The summed E-state index contributed by atoms with van der Waals surface area (Å²) >= 11 is 0. The highest BCUT2D eigenvalue weighted by molar-refractivity contribution is 7.89. The van der Waals surface area contributed by atoms with Gasteiger partial charge in [-0.2, -0.15) is 0 Å². The molecule has 1 aromatic rings. The van der Waals surface area contributed by atoms with Gasteiger partial charge in [0.2, 0.25) is 15.9 Å². The Morgan fingerprint density at radius 3 is 2.57 bits per heavy atom. The lowest BCUT2D eigenvalue weighted by molar-refractivity contribution is -0.121. The second-order valence-electron chi connectivity index (χ2n) is 5.13.